The van der Waals surface area contributed by atoms with Crippen LogP contribution in [-0.2, 0) is 6.42 Å². The molecule has 29 heavy (non-hydrogen) atoms. The van der Waals surface area contributed by atoms with E-state index < -0.39 is 0 Å². The average molecular weight is 393 g/mol. The lowest BCUT2D eigenvalue weighted by atomic mass is 9.80. The minimum absolute atomic E-state index is 0.583. The predicted molar refractivity (Wildman–Crippen MR) is 124 cm³/mol. The van der Waals surface area contributed by atoms with Gasteiger partial charge in [0.2, 0.25) is 0 Å². The molecule has 2 fully saturated rings. The van der Waals surface area contributed by atoms with E-state index in [-0.39, 0.29) is 0 Å². The average Bonchev–Trinajstić information content (AvgIpc) is 2.78. The van der Waals surface area contributed by atoms with Crippen molar-refractivity contribution < 1.29 is 4.74 Å². The zero-order valence-corrected chi connectivity index (χ0v) is 18.7. The summed E-state index contributed by atoms with van der Waals surface area (Å²) in [6.45, 7) is 5.35. The van der Waals surface area contributed by atoms with Crippen LogP contribution in [-0.4, -0.2) is 6.61 Å². The number of aryl methyl sites for hydroxylation is 1. The summed E-state index contributed by atoms with van der Waals surface area (Å²) < 4.78 is 6.02. The van der Waals surface area contributed by atoms with Crippen LogP contribution >= 0.6 is 0 Å². The van der Waals surface area contributed by atoms with Crippen LogP contribution in [0.25, 0.3) is 0 Å². The van der Waals surface area contributed by atoms with Crippen LogP contribution in [0.4, 0.5) is 0 Å². The second kappa shape index (κ2) is 12.1. The Bertz CT molecular complexity index is 659. The van der Waals surface area contributed by atoms with Crippen molar-refractivity contribution in [1.29, 1.82) is 0 Å². The predicted octanol–water partition coefficient (Wildman–Crippen LogP) is 7.60. The quantitative estimate of drug-likeness (QED) is 0.434. The first-order valence-corrected chi connectivity index (χ1v) is 12.2. The number of rotatable bonds is 7. The summed E-state index contributed by atoms with van der Waals surface area (Å²) >= 11 is 0. The number of hydrogen-bond acceptors (Lipinski definition) is 1. The molecule has 0 atom stereocenters. The topological polar surface area (TPSA) is 9.23 Å². The summed E-state index contributed by atoms with van der Waals surface area (Å²) in [6, 6.07) is 8.56. The van der Waals surface area contributed by atoms with Crippen molar-refractivity contribution in [1.82, 2.24) is 0 Å². The van der Waals surface area contributed by atoms with Gasteiger partial charge in [0.15, 0.2) is 0 Å². The van der Waals surface area contributed by atoms with Gasteiger partial charge in [0.1, 0.15) is 5.75 Å². The second-order valence-corrected chi connectivity index (χ2v) is 9.24. The standard InChI is InChI=1S/C28H40O/c1-3-7-24-10-12-25(13-11-24)8-5-6-9-26-14-16-27(17-15-26)22-29-28-20-18-23(4-2)19-21-28/h5,8,18-21,24-27H,3-4,7,10-17,22H2,1-2H3. The molecule has 0 amide bonds. The molecule has 0 spiro atoms. The van der Waals surface area contributed by atoms with Gasteiger partial charge in [-0.15, -0.1) is 0 Å². The molecule has 158 valence electrons. The molecule has 2 aliphatic carbocycles. The molecule has 0 saturated heterocycles. The highest BCUT2D eigenvalue weighted by molar-refractivity contribution is 5.27. The zero-order chi connectivity index (χ0) is 20.3. The van der Waals surface area contributed by atoms with Gasteiger partial charge >= 0.3 is 0 Å². The van der Waals surface area contributed by atoms with Gasteiger partial charge in [-0.25, -0.2) is 0 Å². The molecular formula is C28H40O. The van der Waals surface area contributed by atoms with E-state index in [4.69, 9.17) is 4.74 Å². The maximum atomic E-state index is 6.02. The highest BCUT2D eigenvalue weighted by atomic mass is 16.5. The third kappa shape index (κ3) is 7.58. The Hall–Kier alpha value is -1.68. The van der Waals surface area contributed by atoms with E-state index in [1.807, 2.05) is 0 Å². The first kappa shape index (κ1) is 22.0. The minimum Gasteiger partial charge on any atom is -0.493 e. The molecule has 1 nitrogen and oxygen atoms in total. The molecule has 0 aromatic heterocycles. The molecule has 3 rings (SSSR count). The molecule has 2 saturated carbocycles. The van der Waals surface area contributed by atoms with Crippen molar-refractivity contribution in [3.8, 4) is 17.6 Å². The van der Waals surface area contributed by atoms with Crippen molar-refractivity contribution in [2.75, 3.05) is 6.61 Å². The fourth-order valence-corrected chi connectivity index (χ4v) is 4.94. The van der Waals surface area contributed by atoms with Crippen molar-refractivity contribution in [3.05, 3.63) is 42.0 Å². The van der Waals surface area contributed by atoms with Gasteiger partial charge in [0, 0.05) is 5.92 Å². The monoisotopic (exact) mass is 392 g/mol. The minimum atomic E-state index is 0.583. The molecule has 0 unspecified atom stereocenters. The van der Waals surface area contributed by atoms with E-state index in [9.17, 15) is 0 Å². The van der Waals surface area contributed by atoms with Gasteiger partial charge in [-0.3, -0.25) is 0 Å². The Balaban J connectivity index is 1.32. The fraction of sp³-hybridized carbons (Fsp3) is 0.643. The van der Waals surface area contributed by atoms with E-state index in [0.717, 1.165) is 30.6 Å². The summed E-state index contributed by atoms with van der Waals surface area (Å²) in [7, 11) is 0. The molecule has 0 N–H and O–H groups in total. The van der Waals surface area contributed by atoms with Gasteiger partial charge in [-0.05, 0) is 99.3 Å². The van der Waals surface area contributed by atoms with Gasteiger partial charge in [-0.2, -0.15) is 0 Å². The number of hydrogen-bond donors (Lipinski definition) is 0. The Labute approximate surface area is 179 Å². The highest BCUT2D eigenvalue weighted by Crippen LogP contribution is 2.32. The van der Waals surface area contributed by atoms with E-state index in [0.29, 0.717) is 11.8 Å². The molecule has 1 heteroatoms. The lowest BCUT2D eigenvalue weighted by Crippen LogP contribution is -2.19. The maximum Gasteiger partial charge on any atom is 0.119 e. The fourth-order valence-electron chi connectivity index (χ4n) is 4.94. The summed E-state index contributed by atoms with van der Waals surface area (Å²) in [6.07, 6.45) is 18.9. The largest absolute Gasteiger partial charge is 0.493 e. The summed E-state index contributed by atoms with van der Waals surface area (Å²) in [5, 5.41) is 0. The first-order valence-electron chi connectivity index (χ1n) is 12.2. The maximum absolute atomic E-state index is 6.02. The molecule has 0 heterocycles. The number of ether oxygens (including phenoxy) is 1. The Morgan fingerprint density at radius 1 is 0.897 bits per heavy atom. The lowest BCUT2D eigenvalue weighted by molar-refractivity contribution is 0.196. The summed E-state index contributed by atoms with van der Waals surface area (Å²) in [4.78, 5) is 0. The van der Waals surface area contributed by atoms with Gasteiger partial charge in [0.25, 0.3) is 0 Å². The number of allylic oxidation sites excluding steroid dienone is 2. The van der Waals surface area contributed by atoms with E-state index in [1.165, 1.54) is 69.8 Å². The molecular weight excluding hydrogens is 352 g/mol. The van der Waals surface area contributed by atoms with Crippen molar-refractivity contribution in [2.24, 2.45) is 23.7 Å². The third-order valence-electron chi connectivity index (χ3n) is 6.99. The summed E-state index contributed by atoms with van der Waals surface area (Å²) in [5.41, 5.74) is 1.37. The molecule has 0 radical (unpaired) electrons. The van der Waals surface area contributed by atoms with Gasteiger partial charge in [0.05, 0.1) is 6.61 Å². The van der Waals surface area contributed by atoms with Crippen LogP contribution in [0.1, 0.15) is 83.6 Å². The Morgan fingerprint density at radius 3 is 2.24 bits per heavy atom. The van der Waals surface area contributed by atoms with Crippen LogP contribution in [0, 0.1) is 35.5 Å². The van der Waals surface area contributed by atoms with Gasteiger partial charge < -0.3 is 4.74 Å². The number of benzene rings is 1. The van der Waals surface area contributed by atoms with E-state index >= 15 is 0 Å². The third-order valence-corrected chi connectivity index (χ3v) is 6.99. The highest BCUT2D eigenvalue weighted by Gasteiger charge is 2.20. The molecule has 2 aliphatic rings. The van der Waals surface area contributed by atoms with Crippen LogP contribution in [0.5, 0.6) is 5.75 Å². The smallest absolute Gasteiger partial charge is 0.119 e. The van der Waals surface area contributed by atoms with E-state index in [1.54, 1.807) is 0 Å². The molecule has 1 aromatic carbocycles. The Morgan fingerprint density at radius 2 is 1.59 bits per heavy atom. The van der Waals surface area contributed by atoms with Crippen LogP contribution < -0.4 is 4.74 Å². The Kier molecular flexibility index (Phi) is 9.20. The van der Waals surface area contributed by atoms with Crippen molar-refractivity contribution in [3.63, 3.8) is 0 Å². The molecule has 0 bridgehead atoms. The SMILES string of the molecule is CCCC1CCC(C=CC#CC2CCC(COc3ccc(CC)cc3)CC2)CC1. The summed E-state index contributed by atoms with van der Waals surface area (Å²) in [5.74, 6) is 10.9. The normalized spacial score (nSPS) is 27.4. The van der Waals surface area contributed by atoms with Crippen molar-refractivity contribution >= 4 is 0 Å². The van der Waals surface area contributed by atoms with E-state index in [2.05, 4.69) is 62.1 Å². The van der Waals surface area contributed by atoms with Crippen LogP contribution in [0.15, 0.2) is 36.4 Å². The van der Waals surface area contributed by atoms with Gasteiger partial charge in [-0.1, -0.05) is 56.7 Å². The van der Waals surface area contributed by atoms with Crippen molar-refractivity contribution in [2.45, 2.75) is 84.5 Å². The van der Waals surface area contributed by atoms with Crippen LogP contribution in [0.2, 0.25) is 0 Å². The van der Waals surface area contributed by atoms with Crippen LogP contribution in [0.3, 0.4) is 0 Å². The second-order valence-electron chi connectivity index (χ2n) is 9.24. The molecule has 0 aliphatic heterocycles. The zero-order valence-electron chi connectivity index (χ0n) is 18.7. The molecule has 1 aromatic rings. The lowest BCUT2D eigenvalue weighted by Gasteiger charge is -2.26. The first-order chi connectivity index (χ1) is 14.3.